The van der Waals surface area contributed by atoms with Gasteiger partial charge in [-0.2, -0.15) is 0 Å². The van der Waals surface area contributed by atoms with Gasteiger partial charge in [-0.15, -0.1) is 0 Å². The molecule has 0 unspecified atom stereocenters. The molecule has 0 aliphatic rings. The number of rotatable bonds is 7. The zero-order chi connectivity index (χ0) is 14.2. The van der Waals surface area contributed by atoms with Crippen LogP contribution in [0.15, 0.2) is 51.2 Å². The monoisotopic (exact) mass is 353 g/mol. The third-order valence-corrected chi connectivity index (χ3v) is 4.15. The molecule has 20 heavy (non-hydrogen) atoms. The fraction of sp³-hybridized carbons (Fsp3) is 0.286. The number of hydrogen-bond acceptors (Lipinski definition) is 5. The van der Waals surface area contributed by atoms with Gasteiger partial charge in [0.1, 0.15) is 11.4 Å². The summed E-state index contributed by atoms with van der Waals surface area (Å²) in [6.45, 7) is 2.35. The molecular weight excluding hydrogens is 338 g/mol. The molecule has 1 N–H and O–H groups in total. The molecule has 2 rings (SSSR count). The predicted molar refractivity (Wildman–Crippen MR) is 83.9 cm³/mol. The Balaban J connectivity index is 2.07. The van der Waals surface area contributed by atoms with Crippen molar-refractivity contribution in [3.63, 3.8) is 0 Å². The number of aromatic nitrogens is 2. The van der Waals surface area contributed by atoms with Gasteiger partial charge in [-0.25, -0.2) is 9.97 Å². The molecule has 0 atom stereocenters. The van der Waals surface area contributed by atoms with Gasteiger partial charge in [0.15, 0.2) is 0 Å². The van der Waals surface area contributed by atoms with Crippen molar-refractivity contribution in [2.75, 3.05) is 20.3 Å². The summed E-state index contributed by atoms with van der Waals surface area (Å²) in [4.78, 5) is 9.37. The second kappa shape index (κ2) is 8.36. The van der Waals surface area contributed by atoms with E-state index in [4.69, 9.17) is 4.74 Å². The number of benzene rings is 1. The summed E-state index contributed by atoms with van der Waals surface area (Å²) in [6, 6.07) is 8.19. The standard InChI is InChI=1S/C14H16BrN3OS/c1-19-7-6-16-9-11-8-12(15)2-3-13(11)20-14-4-5-17-10-18-14/h2-5,8,10,16H,6-7,9H2,1H3. The summed E-state index contributed by atoms with van der Waals surface area (Å²) in [5.74, 6) is 0. The molecule has 0 aliphatic heterocycles. The van der Waals surface area contributed by atoms with Gasteiger partial charge >= 0.3 is 0 Å². The number of halogens is 1. The second-order valence-electron chi connectivity index (χ2n) is 4.07. The summed E-state index contributed by atoms with van der Waals surface area (Å²) in [7, 11) is 1.71. The van der Waals surface area contributed by atoms with Crippen LogP contribution in [0.4, 0.5) is 0 Å². The summed E-state index contributed by atoms with van der Waals surface area (Å²) in [6.07, 6.45) is 3.32. The molecule has 0 bridgehead atoms. The average molecular weight is 354 g/mol. The van der Waals surface area contributed by atoms with Gasteiger partial charge in [-0.05, 0) is 29.8 Å². The first-order valence-electron chi connectivity index (χ1n) is 6.21. The smallest absolute Gasteiger partial charge is 0.116 e. The first kappa shape index (κ1) is 15.4. The summed E-state index contributed by atoms with van der Waals surface area (Å²) in [5.41, 5.74) is 1.24. The Morgan fingerprint density at radius 3 is 3.00 bits per heavy atom. The number of methoxy groups -OCH3 is 1. The molecule has 1 aromatic heterocycles. The number of nitrogens with zero attached hydrogens (tertiary/aromatic N) is 2. The highest BCUT2D eigenvalue weighted by atomic mass is 79.9. The average Bonchev–Trinajstić information content (AvgIpc) is 2.47. The van der Waals surface area contributed by atoms with E-state index in [1.165, 1.54) is 10.5 Å². The van der Waals surface area contributed by atoms with Crippen LogP contribution in [-0.4, -0.2) is 30.2 Å². The predicted octanol–water partition coefficient (Wildman–Crippen LogP) is 3.13. The SMILES string of the molecule is COCCNCc1cc(Br)ccc1Sc1ccncn1. The van der Waals surface area contributed by atoms with E-state index in [2.05, 4.69) is 43.3 Å². The largest absolute Gasteiger partial charge is 0.383 e. The van der Waals surface area contributed by atoms with E-state index in [9.17, 15) is 0 Å². The van der Waals surface area contributed by atoms with E-state index in [0.717, 1.165) is 22.6 Å². The molecule has 0 spiro atoms. The lowest BCUT2D eigenvalue weighted by Crippen LogP contribution is -2.18. The molecule has 6 heteroatoms. The van der Waals surface area contributed by atoms with Gasteiger partial charge in [0.05, 0.1) is 6.61 Å². The molecule has 0 saturated heterocycles. The van der Waals surface area contributed by atoms with Crippen LogP contribution in [0.1, 0.15) is 5.56 Å². The zero-order valence-electron chi connectivity index (χ0n) is 11.2. The Morgan fingerprint density at radius 2 is 2.25 bits per heavy atom. The van der Waals surface area contributed by atoms with Crippen LogP contribution in [-0.2, 0) is 11.3 Å². The molecule has 0 fully saturated rings. The van der Waals surface area contributed by atoms with Crippen molar-refractivity contribution in [2.45, 2.75) is 16.5 Å². The molecule has 0 amide bonds. The van der Waals surface area contributed by atoms with E-state index >= 15 is 0 Å². The molecule has 2 aromatic rings. The van der Waals surface area contributed by atoms with Crippen LogP contribution >= 0.6 is 27.7 Å². The minimum Gasteiger partial charge on any atom is -0.383 e. The van der Waals surface area contributed by atoms with Crippen LogP contribution in [0.25, 0.3) is 0 Å². The van der Waals surface area contributed by atoms with Crippen LogP contribution in [0, 0.1) is 0 Å². The summed E-state index contributed by atoms with van der Waals surface area (Å²) in [5, 5.41) is 4.31. The lowest BCUT2D eigenvalue weighted by atomic mass is 10.2. The highest BCUT2D eigenvalue weighted by Gasteiger charge is 2.06. The molecule has 4 nitrogen and oxygen atoms in total. The van der Waals surface area contributed by atoms with E-state index in [1.807, 2.05) is 12.1 Å². The normalized spacial score (nSPS) is 10.7. The van der Waals surface area contributed by atoms with Crippen molar-refractivity contribution in [1.29, 1.82) is 0 Å². The van der Waals surface area contributed by atoms with Gasteiger partial charge in [0.2, 0.25) is 0 Å². The molecule has 0 aliphatic carbocycles. The quantitative estimate of drug-likeness (QED) is 0.612. The van der Waals surface area contributed by atoms with Gasteiger partial charge in [-0.3, -0.25) is 0 Å². The third kappa shape index (κ3) is 4.86. The van der Waals surface area contributed by atoms with E-state index in [1.54, 1.807) is 31.4 Å². The molecule has 0 saturated carbocycles. The maximum Gasteiger partial charge on any atom is 0.116 e. The molecule has 1 heterocycles. The van der Waals surface area contributed by atoms with E-state index < -0.39 is 0 Å². The third-order valence-electron chi connectivity index (χ3n) is 2.59. The first-order valence-corrected chi connectivity index (χ1v) is 7.82. The Bertz CT molecular complexity index is 539. The van der Waals surface area contributed by atoms with Crippen LogP contribution < -0.4 is 5.32 Å². The molecule has 1 aromatic carbocycles. The fourth-order valence-electron chi connectivity index (χ4n) is 1.63. The second-order valence-corrected chi connectivity index (χ2v) is 6.05. The summed E-state index contributed by atoms with van der Waals surface area (Å²) >= 11 is 5.16. The molecular formula is C14H16BrN3OS. The highest BCUT2D eigenvalue weighted by Crippen LogP contribution is 2.30. The van der Waals surface area contributed by atoms with Crippen LogP contribution in [0.3, 0.4) is 0 Å². The highest BCUT2D eigenvalue weighted by molar-refractivity contribution is 9.10. The lowest BCUT2D eigenvalue weighted by molar-refractivity contribution is 0.199. The van der Waals surface area contributed by atoms with Crippen LogP contribution in [0.2, 0.25) is 0 Å². The van der Waals surface area contributed by atoms with Crippen molar-refractivity contribution in [3.8, 4) is 0 Å². The maximum absolute atomic E-state index is 5.04. The van der Waals surface area contributed by atoms with Gasteiger partial charge in [-0.1, -0.05) is 27.7 Å². The van der Waals surface area contributed by atoms with Crippen molar-refractivity contribution >= 4 is 27.7 Å². The van der Waals surface area contributed by atoms with Crippen molar-refractivity contribution < 1.29 is 4.74 Å². The van der Waals surface area contributed by atoms with Crippen molar-refractivity contribution in [2.24, 2.45) is 0 Å². The zero-order valence-corrected chi connectivity index (χ0v) is 13.6. The van der Waals surface area contributed by atoms with E-state index in [-0.39, 0.29) is 0 Å². The van der Waals surface area contributed by atoms with E-state index in [0.29, 0.717) is 6.61 Å². The number of ether oxygens (including phenoxy) is 1. The summed E-state index contributed by atoms with van der Waals surface area (Å²) < 4.78 is 6.11. The lowest BCUT2D eigenvalue weighted by Gasteiger charge is -2.10. The molecule has 0 radical (unpaired) electrons. The first-order chi connectivity index (χ1) is 9.79. The van der Waals surface area contributed by atoms with Crippen molar-refractivity contribution in [1.82, 2.24) is 15.3 Å². The minimum absolute atomic E-state index is 0.711. The Hall–Kier alpha value is -0.950. The van der Waals surface area contributed by atoms with Gasteiger partial charge < -0.3 is 10.1 Å². The maximum atomic E-state index is 5.04. The van der Waals surface area contributed by atoms with Gasteiger partial charge in [0, 0.05) is 35.8 Å². The molecule has 106 valence electrons. The number of nitrogens with one attached hydrogen (secondary N) is 1. The Labute approximate surface area is 131 Å². The topological polar surface area (TPSA) is 47.0 Å². The fourth-order valence-corrected chi connectivity index (χ4v) is 2.90. The van der Waals surface area contributed by atoms with Crippen LogP contribution in [0.5, 0.6) is 0 Å². The number of hydrogen-bond donors (Lipinski definition) is 1. The van der Waals surface area contributed by atoms with Gasteiger partial charge in [0.25, 0.3) is 0 Å². The minimum atomic E-state index is 0.711. The van der Waals surface area contributed by atoms with Crippen molar-refractivity contribution in [3.05, 3.63) is 46.8 Å². The Morgan fingerprint density at radius 1 is 1.35 bits per heavy atom. The Kier molecular flexibility index (Phi) is 6.46.